The number of unbranched alkanes of at least 4 members (excludes halogenated alkanes) is 33. The first-order chi connectivity index (χ1) is 31.3. The highest BCUT2D eigenvalue weighted by molar-refractivity contribution is 7.47. The zero-order valence-electron chi connectivity index (χ0n) is 41.4. The molecule has 8 unspecified atom stereocenters. The molecule has 0 aliphatic heterocycles. The molecular formula is C51H102NO12P. The summed E-state index contributed by atoms with van der Waals surface area (Å²) >= 11 is 0. The van der Waals surface area contributed by atoms with Gasteiger partial charge in [0.1, 0.15) is 36.6 Å². The van der Waals surface area contributed by atoms with E-state index in [1.807, 2.05) is 0 Å². The van der Waals surface area contributed by atoms with Gasteiger partial charge in [-0.2, -0.15) is 0 Å². The lowest BCUT2D eigenvalue weighted by molar-refractivity contribution is -0.220. The Morgan fingerprint density at radius 3 is 1.11 bits per heavy atom. The Labute approximate surface area is 396 Å². The van der Waals surface area contributed by atoms with E-state index in [4.69, 9.17) is 9.05 Å². The standard InChI is InChI=1S/C51H102NO12P/c1-3-5-7-9-11-13-15-17-19-20-21-22-23-25-27-29-31-33-35-37-39-44(54)43(41-63-65(61,62)64-51-49(59)47(57)46(56)48(58)50(51)60)52-45(55)40-42(53)38-36-34-32-30-28-26-24-18-16-14-12-10-8-6-4-2/h42-44,46-51,53-54,56-60H,3-41H2,1-2H3,(H,52,55)(H,61,62). The molecule has 0 aromatic rings. The summed E-state index contributed by atoms with van der Waals surface area (Å²) in [5.74, 6) is -0.554. The number of hydrogen-bond donors (Lipinski definition) is 9. The van der Waals surface area contributed by atoms with Crippen molar-refractivity contribution in [3.05, 3.63) is 0 Å². The fraction of sp³-hybridized carbons (Fsp3) is 0.980. The van der Waals surface area contributed by atoms with Gasteiger partial charge in [0.15, 0.2) is 0 Å². The third kappa shape index (κ3) is 32.7. The van der Waals surface area contributed by atoms with Crippen LogP contribution in [0.5, 0.6) is 0 Å². The van der Waals surface area contributed by atoms with Crippen molar-refractivity contribution in [3.63, 3.8) is 0 Å². The molecule has 1 aliphatic rings. The minimum absolute atomic E-state index is 0.215. The number of rotatable bonds is 46. The van der Waals surface area contributed by atoms with Gasteiger partial charge < -0.3 is 46.0 Å². The number of phosphoric ester groups is 1. The van der Waals surface area contributed by atoms with Crippen LogP contribution in [0.1, 0.15) is 258 Å². The molecular weight excluding hydrogens is 850 g/mol. The number of carbonyl (C=O) groups is 1. The molecule has 1 amide bonds. The maximum Gasteiger partial charge on any atom is 0.472 e. The van der Waals surface area contributed by atoms with E-state index in [1.54, 1.807) is 0 Å². The second-order valence-corrected chi connectivity index (χ2v) is 21.0. The summed E-state index contributed by atoms with van der Waals surface area (Å²) in [6.07, 6.45) is 30.0. The lowest BCUT2D eigenvalue weighted by Crippen LogP contribution is -2.64. The number of nitrogens with one attached hydrogen (secondary N) is 1. The van der Waals surface area contributed by atoms with Crippen LogP contribution in [0.2, 0.25) is 0 Å². The van der Waals surface area contributed by atoms with Crippen molar-refractivity contribution in [1.82, 2.24) is 5.32 Å². The van der Waals surface area contributed by atoms with Gasteiger partial charge in [-0.1, -0.05) is 239 Å². The Kier molecular flexibility index (Phi) is 39.4. The molecule has 0 bridgehead atoms. The van der Waals surface area contributed by atoms with Gasteiger partial charge in [0, 0.05) is 0 Å². The molecule has 0 saturated heterocycles. The average Bonchev–Trinajstić information content (AvgIpc) is 3.28. The van der Waals surface area contributed by atoms with Crippen molar-refractivity contribution in [1.29, 1.82) is 0 Å². The third-order valence-corrected chi connectivity index (χ3v) is 14.5. The molecule has 1 saturated carbocycles. The Balaban J connectivity index is 2.43. The van der Waals surface area contributed by atoms with E-state index in [2.05, 4.69) is 19.2 Å². The van der Waals surface area contributed by atoms with Crippen LogP contribution in [0.4, 0.5) is 0 Å². The molecule has 1 fully saturated rings. The van der Waals surface area contributed by atoms with Crippen LogP contribution in [-0.4, -0.2) is 108 Å². The highest BCUT2D eigenvalue weighted by atomic mass is 31.2. The number of carbonyl (C=O) groups excluding carboxylic acids is 1. The van der Waals surface area contributed by atoms with Crippen molar-refractivity contribution < 1.29 is 59.0 Å². The lowest BCUT2D eigenvalue weighted by atomic mass is 9.85. The van der Waals surface area contributed by atoms with E-state index < -0.39 is 75.2 Å². The van der Waals surface area contributed by atoms with Crippen LogP contribution in [0.25, 0.3) is 0 Å². The van der Waals surface area contributed by atoms with Crippen LogP contribution in [0, 0.1) is 0 Å². The van der Waals surface area contributed by atoms with Gasteiger partial charge in [0.25, 0.3) is 0 Å². The Morgan fingerprint density at radius 1 is 0.477 bits per heavy atom. The molecule has 8 atom stereocenters. The Hall–Kier alpha value is -0.700. The van der Waals surface area contributed by atoms with E-state index in [0.717, 1.165) is 51.4 Å². The molecule has 9 N–H and O–H groups in total. The van der Waals surface area contributed by atoms with Gasteiger partial charge in [0.05, 0.1) is 31.3 Å². The van der Waals surface area contributed by atoms with Crippen molar-refractivity contribution in [3.8, 4) is 0 Å². The first-order valence-corrected chi connectivity index (χ1v) is 28.6. The highest BCUT2D eigenvalue weighted by Gasteiger charge is 2.51. The smallest absolute Gasteiger partial charge is 0.393 e. The van der Waals surface area contributed by atoms with Crippen LogP contribution >= 0.6 is 7.82 Å². The molecule has 13 nitrogen and oxygen atoms in total. The van der Waals surface area contributed by atoms with E-state index >= 15 is 0 Å². The molecule has 0 heterocycles. The number of hydrogen-bond acceptors (Lipinski definition) is 11. The summed E-state index contributed by atoms with van der Waals surface area (Å²) in [6.45, 7) is 3.83. The predicted octanol–water partition coefficient (Wildman–Crippen LogP) is 10.4. The summed E-state index contributed by atoms with van der Waals surface area (Å²) < 4.78 is 23.0. The zero-order valence-corrected chi connectivity index (χ0v) is 42.3. The monoisotopic (exact) mass is 952 g/mol. The molecule has 0 spiro atoms. The van der Waals surface area contributed by atoms with Crippen LogP contribution in [0.3, 0.4) is 0 Å². The van der Waals surface area contributed by atoms with Gasteiger partial charge in [0.2, 0.25) is 5.91 Å². The van der Waals surface area contributed by atoms with Crippen molar-refractivity contribution in [2.75, 3.05) is 6.61 Å². The molecule has 0 radical (unpaired) electrons. The average molecular weight is 952 g/mol. The van der Waals surface area contributed by atoms with E-state index in [9.17, 15) is 50.0 Å². The van der Waals surface area contributed by atoms with Crippen molar-refractivity contribution >= 4 is 13.7 Å². The first-order valence-electron chi connectivity index (χ1n) is 27.1. The maximum absolute atomic E-state index is 13.1. The number of aliphatic hydroxyl groups excluding tert-OH is 7. The normalized spacial score (nSPS) is 22.4. The molecule has 65 heavy (non-hydrogen) atoms. The fourth-order valence-electron chi connectivity index (χ4n) is 9.07. The van der Waals surface area contributed by atoms with Gasteiger partial charge in [-0.05, 0) is 12.8 Å². The summed E-state index contributed by atoms with van der Waals surface area (Å²) in [5.41, 5.74) is 0. The molecule has 0 aromatic heterocycles. The summed E-state index contributed by atoms with van der Waals surface area (Å²) in [6, 6.07) is -1.15. The molecule has 388 valence electrons. The summed E-state index contributed by atoms with van der Waals surface area (Å²) in [7, 11) is -5.12. The largest absolute Gasteiger partial charge is 0.472 e. The minimum Gasteiger partial charge on any atom is -0.393 e. The number of aliphatic hydroxyl groups is 7. The molecule has 14 heteroatoms. The number of amides is 1. The zero-order chi connectivity index (χ0) is 48.0. The van der Waals surface area contributed by atoms with E-state index in [0.29, 0.717) is 12.8 Å². The predicted molar refractivity (Wildman–Crippen MR) is 261 cm³/mol. The lowest BCUT2D eigenvalue weighted by Gasteiger charge is -2.41. The van der Waals surface area contributed by atoms with Crippen molar-refractivity contribution in [2.45, 2.75) is 313 Å². The maximum atomic E-state index is 13.1. The second-order valence-electron chi connectivity index (χ2n) is 19.6. The van der Waals surface area contributed by atoms with E-state index in [1.165, 1.54) is 167 Å². The third-order valence-electron chi connectivity index (χ3n) is 13.5. The summed E-state index contributed by atoms with van der Waals surface area (Å²) in [5, 5.41) is 74.9. The molecule has 1 rings (SSSR count). The quantitative estimate of drug-likeness (QED) is 0.0205. The van der Waals surface area contributed by atoms with Gasteiger partial charge in [-0.3, -0.25) is 13.8 Å². The van der Waals surface area contributed by atoms with Crippen LogP contribution < -0.4 is 5.32 Å². The van der Waals surface area contributed by atoms with Crippen molar-refractivity contribution in [2.24, 2.45) is 0 Å². The topological polar surface area (TPSA) is 226 Å². The van der Waals surface area contributed by atoms with Crippen LogP contribution in [0.15, 0.2) is 0 Å². The Morgan fingerprint density at radius 2 is 0.769 bits per heavy atom. The Bertz CT molecular complexity index is 1120. The molecule has 0 aromatic carbocycles. The number of phosphoric acid groups is 1. The van der Waals surface area contributed by atoms with Gasteiger partial charge >= 0.3 is 7.82 Å². The van der Waals surface area contributed by atoms with Crippen LogP contribution in [-0.2, 0) is 18.4 Å². The first kappa shape index (κ1) is 62.3. The van der Waals surface area contributed by atoms with Gasteiger partial charge in [-0.15, -0.1) is 0 Å². The van der Waals surface area contributed by atoms with Gasteiger partial charge in [-0.25, -0.2) is 4.57 Å². The van der Waals surface area contributed by atoms with E-state index in [-0.39, 0.29) is 12.8 Å². The summed E-state index contributed by atoms with van der Waals surface area (Å²) in [4.78, 5) is 23.6. The molecule has 1 aliphatic carbocycles. The minimum atomic E-state index is -5.12. The highest BCUT2D eigenvalue weighted by Crippen LogP contribution is 2.47. The second kappa shape index (κ2) is 41.1. The SMILES string of the molecule is CCCCCCCCCCCCCCCCCCCCCCC(O)C(COP(=O)(O)OC1C(O)C(O)C(O)C(O)C1O)NC(=O)CC(O)CCCCCCCCCCCCCCCCC. The fourth-order valence-corrected chi connectivity index (χ4v) is 10.0.